The van der Waals surface area contributed by atoms with Gasteiger partial charge in [-0.1, -0.05) is 13.8 Å². The summed E-state index contributed by atoms with van der Waals surface area (Å²) in [5, 5.41) is 0. The molecule has 0 aromatic heterocycles. The second-order valence-electron chi connectivity index (χ2n) is 2.92. The lowest BCUT2D eigenvalue weighted by molar-refractivity contribution is -0.0483. The van der Waals surface area contributed by atoms with E-state index in [9.17, 15) is 0 Å². The zero-order chi connectivity index (χ0) is 10.1. The number of nitrogens with zero attached hydrogens (tertiary/aromatic N) is 1. The van der Waals surface area contributed by atoms with E-state index in [0.717, 1.165) is 13.1 Å². The molecule has 0 bridgehead atoms. The van der Waals surface area contributed by atoms with E-state index in [1.54, 1.807) is 14.2 Å². The monoisotopic (exact) mass is 203 g/mol. The molecule has 0 spiro atoms. The molecule has 13 heavy (non-hydrogen) atoms. The number of hydrogen-bond donors (Lipinski definition) is 0. The molecule has 4 heteroatoms. The van der Waals surface area contributed by atoms with E-state index in [1.165, 1.54) is 12.8 Å². The van der Waals surface area contributed by atoms with Crippen LogP contribution in [0.2, 0.25) is 0 Å². The van der Waals surface area contributed by atoms with E-state index < -0.39 is 0 Å². The molecule has 0 unspecified atom stereocenters. The normalized spacial score (nSPS) is 11.5. The summed E-state index contributed by atoms with van der Waals surface area (Å²) in [5.41, 5.74) is 0. The SMILES string of the molecule is CCCN(CCC)[Si]C(OC)OC. The maximum Gasteiger partial charge on any atom is 0.216 e. The van der Waals surface area contributed by atoms with Gasteiger partial charge in [0.15, 0.2) is 5.91 Å². The quantitative estimate of drug-likeness (QED) is 0.438. The Hall–Kier alpha value is 0.0969. The van der Waals surface area contributed by atoms with Crippen molar-refractivity contribution in [2.24, 2.45) is 0 Å². The largest absolute Gasteiger partial charge is 0.358 e. The zero-order valence-corrected chi connectivity index (χ0v) is 10.2. The van der Waals surface area contributed by atoms with E-state index in [0.29, 0.717) is 9.68 Å². The molecule has 0 saturated carbocycles. The van der Waals surface area contributed by atoms with Crippen LogP contribution in [0.1, 0.15) is 26.7 Å². The lowest BCUT2D eigenvalue weighted by Crippen LogP contribution is -2.39. The van der Waals surface area contributed by atoms with Crippen LogP contribution in [0, 0.1) is 0 Å². The van der Waals surface area contributed by atoms with Gasteiger partial charge in [0, 0.05) is 14.2 Å². The first kappa shape index (κ1) is 13.1. The summed E-state index contributed by atoms with van der Waals surface area (Å²) in [5.74, 6) is -0.0573. The molecule has 0 aliphatic heterocycles. The first-order valence-corrected chi connectivity index (χ1v) is 5.87. The third-order valence-corrected chi connectivity index (χ3v) is 3.20. The topological polar surface area (TPSA) is 21.7 Å². The second kappa shape index (κ2) is 8.68. The molecule has 0 aliphatic carbocycles. The predicted octanol–water partition coefficient (Wildman–Crippen LogP) is 1.30. The molecule has 0 aromatic carbocycles. The molecular weight excluding hydrogens is 182 g/mol. The average Bonchev–Trinajstić information content (AvgIpc) is 2.14. The van der Waals surface area contributed by atoms with Crippen molar-refractivity contribution >= 4 is 9.68 Å². The lowest BCUT2D eigenvalue weighted by atomic mass is 10.4. The summed E-state index contributed by atoms with van der Waals surface area (Å²) < 4.78 is 12.7. The van der Waals surface area contributed by atoms with Crippen molar-refractivity contribution in [1.29, 1.82) is 0 Å². The Labute approximate surface area is 84.3 Å². The minimum atomic E-state index is -0.0573. The van der Waals surface area contributed by atoms with Gasteiger partial charge in [0.25, 0.3) is 0 Å². The van der Waals surface area contributed by atoms with E-state index >= 15 is 0 Å². The van der Waals surface area contributed by atoms with Gasteiger partial charge in [-0.3, -0.25) is 0 Å². The number of hydrogen-bond acceptors (Lipinski definition) is 3. The highest BCUT2D eigenvalue weighted by molar-refractivity contribution is 6.33. The Morgan fingerprint density at radius 3 is 1.85 bits per heavy atom. The van der Waals surface area contributed by atoms with Crippen LogP contribution in [0.5, 0.6) is 0 Å². The Bertz CT molecular complexity index is 104. The van der Waals surface area contributed by atoms with Crippen molar-refractivity contribution in [3.63, 3.8) is 0 Å². The molecule has 0 N–H and O–H groups in total. The summed E-state index contributed by atoms with van der Waals surface area (Å²) >= 11 is 0. The molecule has 0 saturated heterocycles. The van der Waals surface area contributed by atoms with Crippen molar-refractivity contribution in [3.05, 3.63) is 0 Å². The molecule has 0 fully saturated rings. The Balaban J connectivity index is 3.76. The van der Waals surface area contributed by atoms with Crippen molar-refractivity contribution in [3.8, 4) is 0 Å². The molecule has 0 aliphatic rings. The zero-order valence-electron chi connectivity index (χ0n) is 9.17. The fourth-order valence-electron chi connectivity index (χ4n) is 1.13. The molecule has 2 radical (unpaired) electrons. The van der Waals surface area contributed by atoms with Crippen LogP contribution < -0.4 is 0 Å². The van der Waals surface area contributed by atoms with Crippen LogP contribution in [0.25, 0.3) is 0 Å². The standard InChI is InChI=1S/C9H21NO2Si/c1-5-7-10(8-6-2)13-9(11-3)12-4/h9H,5-8H2,1-4H3. The minimum absolute atomic E-state index is 0.0573. The Morgan fingerprint density at radius 1 is 1.08 bits per heavy atom. The molecule has 3 nitrogen and oxygen atoms in total. The van der Waals surface area contributed by atoms with Gasteiger partial charge in [0.1, 0.15) is 0 Å². The van der Waals surface area contributed by atoms with Crippen molar-refractivity contribution in [1.82, 2.24) is 4.57 Å². The number of ether oxygens (including phenoxy) is 2. The molecule has 0 heterocycles. The third-order valence-electron chi connectivity index (χ3n) is 1.70. The highest BCUT2D eigenvalue weighted by Gasteiger charge is 2.13. The lowest BCUT2D eigenvalue weighted by Gasteiger charge is -2.23. The van der Waals surface area contributed by atoms with Crippen molar-refractivity contribution in [2.45, 2.75) is 32.6 Å². The van der Waals surface area contributed by atoms with E-state index in [1.807, 2.05) is 0 Å². The van der Waals surface area contributed by atoms with Gasteiger partial charge in [-0.15, -0.1) is 0 Å². The first-order chi connectivity index (χ1) is 6.28. The highest BCUT2D eigenvalue weighted by atomic mass is 28.2. The van der Waals surface area contributed by atoms with Gasteiger partial charge < -0.3 is 14.0 Å². The van der Waals surface area contributed by atoms with Gasteiger partial charge in [0.2, 0.25) is 9.68 Å². The van der Waals surface area contributed by atoms with Crippen LogP contribution in [0.15, 0.2) is 0 Å². The van der Waals surface area contributed by atoms with Crippen LogP contribution in [-0.2, 0) is 9.47 Å². The third kappa shape index (κ3) is 6.21. The summed E-state index contributed by atoms with van der Waals surface area (Å²) in [4.78, 5) is 0. The smallest absolute Gasteiger partial charge is 0.216 e. The summed E-state index contributed by atoms with van der Waals surface area (Å²) in [7, 11) is 4.00. The van der Waals surface area contributed by atoms with Crippen LogP contribution in [0.4, 0.5) is 0 Å². The number of rotatable bonds is 8. The van der Waals surface area contributed by atoms with Gasteiger partial charge in [-0.05, 0) is 25.9 Å². The van der Waals surface area contributed by atoms with Crippen LogP contribution in [-0.4, -0.2) is 47.5 Å². The van der Waals surface area contributed by atoms with E-state index in [4.69, 9.17) is 9.47 Å². The van der Waals surface area contributed by atoms with Gasteiger partial charge in [-0.25, -0.2) is 0 Å². The second-order valence-corrected chi connectivity index (χ2v) is 4.28. The summed E-state index contributed by atoms with van der Waals surface area (Å²) in [6, 6.07) is 0. The van der Waals surface area contributed by atoms with Crippen LogP contribution in [0.3, 0.4) is 0 Å². The summed E-state index contributed by atoms with van der Waals surface area (Å²) in [6.07, 6.45) is 2.38. The fraction of sp³-hybridized carbons (Fsp3) is 1.00. The predicted molar refractivity (Wildman–Crippen MR) is 55.7 cm³/mol. The molecule has 78 valence electrons. The summed E-state index contributed by atoms with van der Waals surface area (Å²) in [6.45, 7) is 6.66. The molecule has 0 atom stereocenters. The Kier molecular flexibility index (Phi) is 8.75. The van der Waals surface area contributed by atoms with Gasteiger partial charge in [-0.2, -0.15) is 0 Å². The first-order valence-electron chi connectivity index (χ1n) is 4.85. The van der Waals surface area contributed by atoms with Crippen molar-refractivity contribution in [2.75, 3.05) is 27.3 Å². The maximum absolute atomic E-state index is 5.17. The van der Waals surface area contributed by atoms with Gasteiger partial charge in [0.05, 0.1) is 0 Å². The van der Waals surface area contributed by atoms with Gasteiger partial charge >= 0.3 is 0 Å². The average molecular weight is 203 g/mol. The maximum atomic E-state index is 5.17. The molecule has 0 aromatic rings. The molecule has 0 rings (SSSR count). The minimum Gasteiger partial charge on any atom is -0.358 e. The number of methoxy groups -OCH3 is 2. The van der Waals surface area contributed by atoms with Crippen molar-refractivity contribution < 1.29 is 9.47 Å². The van der Waals surface area contributed by atoms with Crippen LogP contribution >= 0.6 is 0 Å². The van der Waals surface area contributed by atoms with E-state index in [2.05, 4.69) is 18.4 Å². The van der Waals surface area contributed by atoms with E-state index in [-0.39, 0.29) is 5.91 Å². The highest BCUT2D eigenvalue weighted by Crippen LogP contribution is 1.97. The molecular formula is C9H21NO2Si. The fourth-order valence-corrected chi connectivity index (χ4v) is 2.35. The molecule has 0 amide bonds. The Morgan fingerprint density at radius 2 is 1.54 bits per heavy atom.